The Balaban J connectivity index is 1.71. The molecule has 152 valence electrons. The Morgan fingerprint density at radius 2 is 2.03 bits per heavy atom. The molecule has 0 saturated carbocycles. The predicted molar refractivity (Wildman–Crippen MR) is 113 cm³/mol. The summed E-state index contributed by atoms with van der Waals surface area (Å²) in [5.74, 6) is 1.11. The second-order valence-corrected chi connectivity index (χ2v) is 6.63. The number of benzene rings is 2. The Morgan fingerprint density at radius 3 is 2.73 bits per heavy atom. The number of nitrogens with one attached hydrogen (secondary N) is 1. The van der Waals surface area contributed by atoms with Crippen LogP contribution in [0.1, 0.15) is 16.9 Å². The molecule has 0 aliphatic heterocycles. The van der Waals surface area contributed by atoms with Gasteiger partial charge >= 0.3 is 0 Å². The van der Waals surface area contributed by atoms with Crippen molar-refractivity contribution in [2.45, 2.75) is 13.2 Å². The maximum absolute atomic E-state index is 12.3. The van der Waals surface area contributed by atoms with Crippen LogP contribution in [0.15, 0.2) is 70.9 Å². The molecule has 0 fully saturated rings. The van der Waals surface area contributed by atoms with Crippen LogP contribution in [0.2, 0.25) is 5.02 Å². The van der Waals surface area contributed by atoms with Crippen molar-refractivity contribution in [1.82, 2.24) is 5.32 Å². The van der Waals surface area contributed by atoms with Crippen LogP contribution in [0.25, 0.3) is 6.08 Å². The van der Waals surface area contributed by atoms with Crippen LogP contribution in [0.3, 0.4) is 0 Å². The Kier molecular flexibility index (Phi) is 7.14. The van der Waals surface area contributed by atoms with Gasteiger partial charge in [-0.2, -0.15) is 5.26 Å². The first kappa shape index (κ1) is 21.0. The standard InChI is InChI=1S/C23H19ClN2O4/c1-28-22-12-16(8-9-21(22)30-15-17-5-2-3-7-20(17)24)11-18(13-25)23(27)26-14-19-6-4-10-29-19/h2-12H,14-15H2,1H3,(H,26,27)/b18-11-. The van der Waals surface area contributed by atoms with Crippen LogP contribution in [-0.2, 0) is 17.9 Å². The molecular weight excluding hydrogens is 404 g/mol. The number of rotatable bonds is 8. The van der Waals surface area contributed by atoms with Crippen molar-refractivity contribution in [1.29, 1.82) is 5.26 Å². The quantitative estimate of drug-likeness (QED) is 0.418. The van der Waals surface area contributed by atoms with E-state index in [1.807, 2.05) is 24.3 Å². The van der Waals surface area contributed by atoms with Crippen LogP contribution in [0.4, 0.5) is 0 Å². The minimum Gasteiger partial charge on any atom is -0.493 e. The fraction of sp³-hybridized carbons (Fsp3) is 0.130. The van der Waals surface area contributed by atoms with Crippen LogP contribution in [-0.4, -0.2) is 13.0 Å². The second-order valence-electron chi connectivity index (χ2n) is 6.22. The number of carbonyl (C=O) groups is 1. The smallest absolute Gasteiger partial charge is 0.262 e. The summed E-state index contributed by atoms with van der Waals surface area (Å²) in [7, 11) is 1.52. The molecule has 0 atom stereocenters. The third-order valence-corrected chi connectivity index (χ3v) is 4.58. The molecule has 0 radical (unpaired) electrons. The van der Waals surface area contributed by atoms with Crippen LogP contribution >= 0.6 is 11.6 Å². The fourth-order valence-electron chi connectivity index (χ4n) is 2.66. The third-order valence-electron chi connectivity index (χ3n) is 4.21. The number of ether oxygens (including phenoxy) is 2. The number of nitrogens with zero attached hydrogens (tertiary/aromatic N) is 1. The molecule has 0 spiro atoms. The van der Waals surface area contributed by atoms with Gasteiger partial charge in [-0.1, -0.05) is 35.9 Å². The number of hydrogen-bond acceptors (Lipinski definition) is 5. The molecule has 1 amide bonds. The molecule has 1 N–H and O–H groups in total. The lowest BCUT2D eigenvalue weighted by atomic mass is 10.1. The van der Waals surface area contributed by atoms with Crippen molar-refractivity contribution < 1.29 is 18.7 Å². The Hall–Kier alpha value is -3.69. The van der Waals surface area contributed by atoms with Gasteiger partial charge in [0, 0.05) is 10.6 Å². The van der Waals surface area contributed by atoms with E-state index in [2.05, 4.69) is 5.32 Å². The van der Waals surface area contributed by atoms with E-state index >= 15 is 0 Å². The molecule has 0 bridgehead atoms. The zero-order valence-corrected chi connectivity index (χ0v) is 17.0. The molecule has 3 aromatic rings. The summed E-state index contributed by atoms with van der Waals surface area (Å²) < 4.78 is 16.4. The highest BCUT2D eigenvalue weighted by atomic mass is 35.5. The molecule has 0 saturated heterocycles. The lowest BCUT2D eigenvalue weighted by molar-refractivity contribution is -0.117. The zero-order valence-electron chi connectivity index (χ0n) is 16.2. The van der Waals surface area contributed by atoms with E-state index in [1.165, 1.54) is 19.4 Å². The van der Waals surface area contributed by atoms with E-state index in [0.717, 1.165) is 5.56 Å². The highest BCUT2D eigenvalue weighted by Gasteiger charge is 2.12. The number of nitriles is 1. The maximum Gasteiger partial charge on any atom is 0.262 e. The normalized spacial score (nSPS) is 10.9. The first-order chi connectivity index (χ1) is 14.6. The predicted octanol–water partition coefficient (Wildman–Crippen LogP) is 4.74. The summed E-state index contributed by atoms with van der Waals surface area (Å²) in [5.41, 5.74) is 1.44. The highest BCUT2D eigenvalue weighted by Crippen LogP contribution is 2.30. The highest BCUT2D eigenvalue weighted by molar-refractivity contribution is 6.31. The van der Waals surface area contributed by atoms with Gasteiger partial charge in [-0.3, -0.25) is 4.79 Å². The topological polar surface area (TPSA) is 84.5 Å². The average molecular weight is 423 g/mol. The summed E-state index contributed by atoms with van der Waals surface area (Å²) in [6.07, 6.45) is 3.00. The molecule has 0 aliphatic carbocycles. The number of halogens is 1. The minimum absolute atomic E-state index is 0.0339. The number of furan rings is 1. The van der Waals surface area contributed by atoms with Gasteiger partial charge in [0.05, 0.1) is 19.9 Å². The summed E-state index contributed by atoms with van der Waals surface area (Å²) >= 11 is 6.16. The molecule has 7 heteroatoms. The molecule has 3 rings (SSSR count). The van der Waals surface area contributed by atoms with Gasteiger partial charge in [-0.15, -0.1) is 0 Å². The zero-order chi connectivity index (χ0) is 21.3. The monoisotopic (exact) mass is 422 g/mol. The summed E-state index contributed by atoms with van der Waals surface area (Å²) in [6, 6.07) is 17.9. The van der Waals surface area contributed by atoms with Crippen LogP contribution in [0, 0.1) is 11.3 Å². The number of hydrogen-bond donors (Lipinski definition) is 1. The van der Waals surface area contributed by atoms with E-state index in [-0.39, 0.29) is 18.7 Å². The fourth-order valence-corrected chi connectivity index (χ4v) is 2.85. The van der Waals surface area contributed by atoms with Crippen molar-refractivity contribution in [2.24, 2.45) is 0 Å². The van der Waals surface area contributed by atoms with Crippen molar-refractivity contribution in [3.63, 3.8) is 0 Å². The van der Waals surface area contributed by atoms with Crippen molar-refractivity contribution >= 4 is 23.6 Å². The summed E-state index contributed by atoms with van der Waals surface area (Å²) in [4.78, 5) is 12.3. The van der Waals surface area contributed by atoms with Crippen molar-refractivity contribution in [2.75, 3.05) is 7.11 Å². The molecule has 0 unspecified atom stereocenters. The van der Waals surface area contributed by atoms with Gasteiger partial charge in [-0.25, -0.2) is 0 Å². The van der Waals surface area contributed by atoms with Gasteiger partial charge in [0.15, 0.2) is 11.5 Å². The van der Waals surface area contributed by atoms with Gasteiger partial charge < -0.3 is 19.2 Å². The van der Waals surface area contributed by atoms with Gasteiger partial charge in [0.25, 0.3) is 5.91 Å². The van der Waals surface area contributed by atoms with Crippen LogP contribution in [0.5, 0.6) is 11.5 Å². The molecule has 1 heterocycles. The van der Waals surface area contributed by atoms with Gasteiger partial charge in [0.2, 0.25) is 0 Å². The SMILES string of the molecule is COc1cc(/C=C(/C#N)C(=O)NCc2ccco2)ccc1OCc1ccccc1Cl. The lowest BCUT2D eigenvalue weighted by Crippen LogP contribution is -2.23. The average Bonchev–Trinajstić information content (AvgIpc) is 3.29. The number of methoxy groups -OCH3 is 1. The first-order valence-electron chi connectivity index (χ1n) is 9.07. The molecular formula is C23H19ClN2O4. The van der Waals surface area contributed by atoms with Crippen LogP contribution < -0.4 is 14.8 Å². The van der Waals surface area contributed by atoms with E-state index in [9.17, 15) is 10.1 Å². The molecule has 6 nitrogen and oxygen atoms in total. The Labute approximate surface area is 179 Å². The largest absolute Gasteiger partial charge is 0.493 e. The van der Waals surface area contributed by atoms with Crippen molar-refractivity contribution in [3.05, 3.63) is 88.3 Å². The Morgan fingerprint density at radius 1 is 1.20 bits per heavy atom. The maximum atomic E-state index is 12.3. The molecule has 30 heavy (non-hydrogen) atoms. The molecule has 2 aromatic carbocycles. The van der Waals surface area contributed by atoms with E-state index in [4.69, 9.17) is 25.5 Å². The molecule has 1 aromatic heterocycles. The molecule has 0 aliphatic rings. The third kappa shape index (κ3) is 5.43. The summed E-state index contributed by atoms with van der Waals surface area (Å²) in [5, 5.41) is 12.6. The van der Waals surface area contributed by atoms with Crippen molar-refractivity contribution in [3.8, 4) is 17.6 Å². The summed E-state index contributed by atoms with van der Waals surface area (Å²) in [6.45, 7) is 0.479. The van der Waals surface area contributed by atoms with Gasteiger partial charge in [0.1, 0.15) is 24.0 Å². The van der Waals surface area contributed by atoms with E-state index in [1.54, 1.807) is 36.4 Å². The Bertz CT molecular complexity index is 1080. The first-order valence-corrected chi connectivity index (χ1v) is 9.45. The minimum atomic E-state index is -0.494. The van der Waals surface area contributed by atoms with Gasteiger partial charge in [-0.05, 0) is 42.0 Å². The van der Waals surface area contributed by atoms with E-state index in [0.29, 0.717) is 27.8 Å². The second kappa shape index (κ2) is 10.2. The number of amides is 1. The lowest BCUT2D eigenvalue weighted by Gasteiger charge is -2.12. The number of carbonyl (C=O) groups excluding carboxylic acids is 1. The van der Waals surface area contributed by atoms with E-state index < -0.39 is 5.91 Å².